The Morgan fingerprint density at radius 3 is 2.07 bits per heavy atom. The lowest BCUT2D eigenvalue weighted by Gasteiger charge is -2.52. The van der Waals surface area contributed by atoms with Crippen LogP contribution in [0.4, 0.5) is 0 Å². The van der Waals surface area contributed by atoms with Gasteiger partial charge in [0.15, 0.2) is 11.4 Å². The van der Waals surface area contributed by atoms with Crippen LogP contribution in [-0.2, 0) is 25.2 Å². The number of amides is 1. The number of primary sulfonamides is 1. The molecule has 7 rings (SSSR count). The summed E-state index contributed by atoms with van der Waals surface area (Å²) in [6, 6.07) is 19.1. The molecule has 58 heavy (non-hydrogen) atoms. The van der Waals surface area contributed by atoms with E-state index in [-0.39, 0.29) is 26.9 Å². The van der Waals surface area contributed by atoms with E-state index in [1.807, 2.05) is 37.3 Å². The van der Waals surface area contributed by atoms with E-state index in [1.54, 1.807) is 12.1 Å². The topological polar surface area (TPSA) is 268 Å². The Morgan fingerprint density at radius 2 is 1.53 bits per heavy atom. The molecular formula is C40H40Cl2N4O11S. The second kappa shape index (κ2) is 16.1. The van der Waals surface area contributed by atoms with E-state index >= 15 is 0 Å². The summed E-state index contributed by atoms with van der Waals surface area (Å²) in [5, 5.41) is 64.3. The number of phenolic OH excluding ortho intramolecular Hbond substituents is 1. The molecule has 18 heteroatoms. The molecule has 3 aliphatic carbocycles. The Labute approximate surface area is 343 Å². The van der Waals surface area contributed by atoms with Crippen LogP contribution in [0.2, 0.25) is 0 Å². The first kappa shape index (κ1) is 43.8. The molecule has 0 bridgehead atoms. The summed E-state index contributed by atoms with van der Waals surface area (Å²) in [6.07, 6.45) is -0.200. The van der Waals surface area contributed by atoms with Crippen molar-refractivity contribution in [3.8, 4) is 28.1 Å². The number of aromatic hydroxyl groups is 1. The number of Topliss-reactive ketones (excluding diaryl/α,β-unsaturated/α-hetero) is 2. The van der Waals surface area contributed by atoms with Gasteiger partial charge >= 0.3 is 0 Å². The number of aromatic nitrogens is 1. The highest BCUT2D eigenvalue weighted by Crippen LogP contribution is 2.56. The molecule has 9 N–H and O–H groups in total. The number of nitrogens with two attached hydrogens (primary N) is 2. The number of hydrogen-bond donors (Lipinski definition) is 7. The van der Waals surface area contributed by atoms with Gasteiger partial charge in [-0.1, -0.05) is 89.5 Å². The lowest BCUT2D eigenvalue weighted by molar-refractivity contribution is -0.151. The van der Waals surface area contributed by atoms with Crippen molar-refractivity contribution in [2.45, 2.75) is 42.4 Å². The molecule has 1 aromatic heterocycles. The number of hydrogen-bond acceptors (Lipinski definition) is 13. The fourth-order valence-electron chi connectivity index (χ4n) is 7.83. The fourth-order valence-corrected chi connectivity index (χ4v) is 8.34. The van der Waals surface area contributed by atoms with Crippen molar-refractivity contribution in [1.29, 1.82) is 0 Å². The third kappa shape index (κ3) is 7.67. The summed E-state index contributed by atoms with van der Waals surface area (Å²) in [4.78, 5) is 39.9. The minimum absolute atomic E-state index is 0.0756. The first-order valence-corrected chi connectivity index (χ1v) is 19.6. The number of aliphatic hydroxyl groups is 4. The first-order valence-electron chi connectivity index (χ1n) is 17.3. The zero-order chi connectivity index (χ0) is 43.2. The van der Waals surface area contributed by atoms with Crippen LogP contribution in [0.1, 0.15) is 35.0 Å². The minimum Gasteiger partial charge on any atom is -0.510 e. The first-order chi connectivity index (χ1) is 27.0. The van der Waals surface area contributed by atoms with Gasteiger partial charge in [-0.3, -0.25) is 19.3 Å². The summed E-state index contributed by atoms with van der Waals surface area (Å²) in [6.45, 7) is 6.31. The molecule has 3 aromatic carbocycles. The van der Waals surface area contributed by atoms with Crippen LogP contribution < -0.4 is 10.9 Å². The average molecular weight is 856 g/mol. The number of benzene rings is 3. The second-order valence-corrected chi connectivity index (χ2v) is 16.9. The lowest BCUT2D eigenvalue weighted by atomic mass is 9.55. The van der Waals surface area contributed by atoms with Crippen LogP contribution in [-0.4, -0.2) is 87.2 Å². The van der Waals surface area contributed by atoms with Crippen molar-refractivity contribution in [2.24, 2.45) is 22.7 Å². The Kier molecular flexibility index (Phi) is 12.2. The number of primary amides is 1. The maximum absolute atomic E-state index is 13.3. The number of aryl methyl sites for hydroxylation is 1. The number of sulfonamides is 1. The highest BCUT2D eigenvalue weighted by Gasteiger charge is 2.65. The monoisotopic (exact) mass is 854 g/mol. The number of carbonyl (C=O) groups excluding carboxylic acids is 3. The third-order valence-electron chi connectivity index (χ3n) is 10.4. The van der Waals surface area contributed by atoms with Gasteiger partial charge < -0.3 is 35.8 Å². The molecule has 4 aromatic rings. The molecule has 1 heterocycles. The van der Waals surface area contributed by atoms with Gasteiger partial charge in [-0.15, -0.1) is 0 Å². The summed E-state index contributed by atoms with van der Waals surface area (Å²) in [5.74, 6) is -7.22. The van der Waals surface area contributed by atoms with Crippen molar-refractivity contribution in [1.82, 2.24) is 10.1 Å². The molecule has 15 nitrogen and oxygen atoms in total. The van der Waals surface area contributed by atoms with Gasteiger partial charge in [0.05, 0.1) is 32.2 Å². The van der Waals surface area contributed by atoms with Gasteiger partial charge in [0, 0.05) is 23.0 Å². The summed E-state index contributed by atoms with van der Waals surface area (Å²) in [5.41, 5.74) is 2.67. The maximum Gasteiger partial charge on any atom is 0.255 e. The number of likely N-dealkylation sites (N-methyl/N-ethyl adjacent to an activating group) is 1. The molecule has 0 fully saturated rings. The normalized spacial score (nSPS) is 23.8. The number of fused-ring (bicyclic) bond motifs is 3. The van der Waals surface area contributed by atoms with E-state index in [1.165, 1.54) is 56.3 Å². The van der Waals surface area contributed by atoms with Crippen molar-refractivity contribution < 1.29 is 52.9 Å². The molecule has 0 spiro atoms. The summed E-state index contributed by atoms with van der Waals surface area (Å²) >= 11 is 9.69. The van der Waals surface area contributed by atoms with E-state index in [9.17, 15) is 48.3 Å². The third-order valence-corrected chi connectivity index (χ3v) is 11.3. The molecule has 0 aliphatic heterocycles. The van der Waals surface area contributed by atoms with Crippen molar-refractivity contribution in [2.75, 3.05) is 14.1 Å². The SMILES string of the molecule is C=C(Cl)Cl.CN(C)[C@@H]1C(O)=C(C(N)=O)C(=O)[C@@]2(O)C(O)=C3C(=O)c4c(O)cccc4[C@@](C)(O)[C@H]3C[C@@H]12.Cc1onc(-c2ccccc2)c1-c1ccc(S(N)(=O)=O)cc1. The van der Waals surface area contributed by atoms with E-state index in [0.29, 0.717) is 5.76 Å². The Morgan fingerprint density at radius 1 is 0.948 bits per heavy atom. The molecule has 0 radical (unpaired) electrons. The Balaban J connectivity index is 0.000000214. The molecule has 1 amide bonds. The molecule has 5 atom stereocenters. The maximum atomic E-state index is 13.3. The van der Waals surface area contributed by atoms with Gasteiger partial charge in [-0.2, -0.15) is 0 Å². The number of phenols is 1. The number of ketones is 2. The largest absolute Gasteiger partial charge is 0.510 e. The van der Waals surface area contributed by atoms with E-state index in [4.69, 9.17) is 38.6 Å². The van der Waals surface area contributed by atoms with Gasteiger partial charge in [0.25, 0.3) is 5.91 Å². The number of rotatable bonds is 5. The summed E-state index contributed by atoms with van der Waals surface area (Å²) < 4.78 is 28.1. The van der Waals surface area contributed by atoms with Gasteiger partial charge in [0.2, 0.25) is 15.8 Å². The molecule has 306 valence electrons. The van der Waals surface area contributed by atoms with Crippen molar-refractivity contribution in [3.05, 3.63) is 123 Å². The molecule has 0 unspecified atom stereocenters. The smallest absolute Gasteiger partial charge is 0.255 e. The highest BCUT2D eigenvalue weighted by atomic mass is 35.5. The highest BCUT2D eigenvalue weighted by molar-refractivity contribution is 7.89. The predicted octanol–water partition coefficient (Wildman–Crippen LogP) is 4.69. The molecular weight excluding hydrogens is 815 g/mol. The van der Waals surface area contributed by atoms with Crippen LogP contribution in [0.5, 0.6) is 5.75 Å². The molecule has 0 saturated carbocycles. The number of halogens is 2. The van der Waals surface area contributed by atoms with Crippen LogP contribution in [0.3, 0.4) is 0 Å². The second-order valence-electron chi connectivity index (χ2n) is 14.2. The molecule has 0 saturated heterocycles. The number of carbonyl (C=O) groups is 3. The van der Waals surface area contributed by atoms with Gasteiger partial charge in [-0.05, 0) is 63.7 Å². The quantitative estimate of drug-likeness (QED) is 0.135. The van der Waals surface area contributed by atoms with Crippen molar-refractivity contribution >= 4 is 50.7 Å². The Bertz CT molecular complexity index is 2490. The van der Waals surface area contributed by atoms with Crippen LogP contribution in [0.15, 0.2) is 116 Å². The summed E-state index contributed by atoms with van der Waals surface area (Å²) in [7, 11) is -0.637. The fraction of sp³-hybridized carbons (Fsp3) is 0.250. The van der Waals surface area contributed by atoms with Crippen LogP contribution >= 0.6 is 23.2 Å². The van der Waals surface area contributed by atoms with E-state index < -0.39 is 85.0 Å². The van der Waals surface area contributed by atoms with E-state index in [2.05, 4.69) is 11.7 Å². The van der Waals surface area contributed by atoms with E-state index in [0.717, 1.165) is 22.4 Å². The van der Waals surface area contributed by atoms with Gasteiger partial charge in [0.1, 0.15) is 34.3 Å². The van der Waals surface area contributed by atoms with Crippen molar-refractivity contribution in [3.63, 3.8) is 0 Å². The standard InChI is InChI=1S/C22H24N2O8.C16H14N2O3S.C2H2Cl2/c1-21(31)8-5-4-6-11(25)12(8)16(26)13-9(21)7-10-15(24(2)3)17(27)14(20(23)30)19(29)22(10,32)18(13)28;1-11-15(12-7-9-14(10-8-12)22(17,19)20)16(18-21-11)13-5-3-2-4-6-13;1-2(3)4/h4-6,9-10,15,25,27-28,31-32H,7H2,1-3H3,(H2,23,30);2-10H,1H3,(H2,17,19,20);1H2/t9-,10-,15-,21+,22-;;/m0../s1. The Hall–Kier alpha value is -5.33. The number of aliphatic hydroxyl groups excluding tert-OH is 2. The number of nitrogens with zero attached hydrogens (tertiary/aromatic N) is 2. The zero-order valence-electron chi connectivity index (χ0n) is 31.5. The zero-order valence-corrected chi connectivity index (χ0v) is 33.8. The predicted molar refractivity (Wildman–Crippen MR) is 214 cm³/mol. The minimum atomic E-state index is -3.70. The van der Waals surface area contributed by atoms with Gasteiger partial charge in [-0.25, -0.2) is 13.6 Å². The van der Waals surface area contributed by atoms with Crippen LogP contribution in [0.25, 0.3) is 22.4 Å². The average Bonchev–Trinajstić information content (AvgIpc) is 3.53. The van der Waals surface area contributed by atoms with Crippen LogP contribution in [0, 0.1) is 18.8 Å². The lowest BCUT2D eigenvalue weighted by Crippen LogP contribution is -2.65. The molecule has 3 aliphatic rings.